The van der Waals surface area contributed by atoms with Gasteiger partial charge < -0.3 is 9.47 Å². The van der Waals surface area contributed by atoms with Crippen LogP contribution in [0.15, 0.2) is 48.7 Å². The summed E-state index contributed by atoms with van der Waals surface area (Å²) in [6.07, 6.45) is 1.60. The number of benzene rings is 1. The van der Waals surface area contributed by atoms with Gasteiger partial charge in [0.05, 0.1) is 19.4 Å². The first kappa shape index (κ1) is 16.5. The van der Waals surface area contributed by atoms with E-state index < -0.39 is 5.97 Å². The lowest BCUT2D eigenvalue weighted by Crippen LogP contribution is -2.13. The number of nitrogens with zero attached hydrogens (tertiary/aromatic N) is 3. The smallest absolute Gasteiger partial charge is 0.359 e. The van der Waals surface area contributed by atoms with Gasteiger partial charge in [0.1, 0.15) is 5.75 Å². The van der Waals surface area contributed by atoms with Crippen LogP contribution in [0.4, 0.5) is 0 Å². The Bertz CT molecular complexity index is 722. The number of methoxy groups -OCH3 is 1. The lowest BCUT2D eigenvalue weighted by Gasteiger charge is -2.06. The average molecular weight is 313 g/mol. The van der Waals surface area contributed by atoms with Crippen molar-refractivity contribution in [2.75, 3.05) is 13.7 Å². The zero-order valence-electron chi connectivity index (χ0n) is 13.4. The Labute approximate surface area is 135 Å². The maximum atomic E-state index is 12.1. The van der Waals surface area contributed by atoms with Crippen LogP contribution >= 0.6 is 0 Å². The number of hydrogen-bond donors (Lipinski definition) is 0. The molecule has 0 saturated carbocycles. The van der Waals surface area contributed by atoms with Crippen molar-refractivity contribution in [2.24, 2.45) is 0 Å². The molecule has 0 spiro atoms. The molecule has 0 atom stereocenters. The Balaban J connectivity index is 2.60. The van der Waals surface area contributed by atoms with E-state index in [4.69, 9.17) is 9.47 Å². The normalized spacial score (nSPS) is 9.87. The van der Waals surface area contributed by atoms with Crippen LogP contribution in [-0.2, 0) is 4.74 Å². The van der Waals surface area contributed by atoms with Crippen LogP contribution in [0.2, 0.25) is 0 Å². The van der Waals surface area contributed by atoms with Crippen molar-refractivity contribution in [1.82, 2.24) is 15.0 Å². The molecule has 1 aromatic carbocycles. The average Bonchev–Trinajstić information content (AvgIpc) is 2.66. The zero-order chi connectivity index (χ0) is 16.7. The summed E-state index contributed by atoms with van der Waals surface area (Å²) in [4.78, 5) is 13.5. The molecule has 0 radical (unpaired) electrons. The number of esters is 1. The van der Waals surface area contributed by atoms with Gasteiger partial charge in [0.2, 0.25) is 0 Å². The van der Waals surface area contributed by atoms with E-state index in [-0.39, 0.29) is 12.3 Å². The number of ether oxygens (including phenoxy) is 2. The van der Waals surface area contributed by atoms with Gasteiger partial charge in [-0.3, -0.25) is 0 Å². The second kappa shape index (κ2) is 7.93. The predicted octanol–water partition coefficient (Wildman–Crippen LogP) is 2.89. The van der Waals surface area contributed by atoms with Gasteiger partial charge in [-0.05, 0) is 49.7 Å². The Morgan fingerprint density at radius 1 is 1.17 bits per heavy atom. The molecule has 0 unspecified atom stereocenters. The van der Waals surface area contributed by atoms with Gasteiger partial charge in [-0.2, -0.15) is 9.90 Å². The molecule has 0 aliphatic heterocycles. The molecule has 1 heterocycles. The summed E-state index contributed by atoms with van der Waals surface area (Å²) in [5, 5.41) is 8.60. The van der Waals surface area contributed by atoms with Crippen molar-refractivity contribution in [3.05, 3.63) is 59.9 Å². The summed E-state index contributed by atoms with van der Waals surface area (Å²) in [6, 6.07) is 12.6. The number of carbonyl (C=O) groups excluding carboxylic acids is 1. The van der Waals surface area contributed by atoms with Crippen molar-refractivity contribution in [3.8, 4) is 11.4 Å². The predicted molar refractivity (Wildman–Crippen MR) is 86.2 cm³/mol. The lowest BCUT2D eigenvalue weighted by molar-refractivity contribution is 0.0516. The number of rotatable bonds is 4. The number of aromatic nitrogens is 3. The van der Waals surface area contributed by atoms with Crippen molar-refractivity contribution in [3.63, 3.8) is 0 Å². The molecule has 23 heavy (non-hydrogen) atoms. The molecule has 6 heteroatoms. The Kier molecular flexibility index (Phi) is 5.68. The monoisotopic (exact) mass is 313 g/mol. The van der Waals surface area contributed by atoms with Gasteiger partial charge in [0.15, 0.2) is 5.69 Å². The molecule has 2 aromatic rings. The Morgan fingerprint density at radius 2 is 1.91 bits per heavy atom. The van der Waals surface area contributed by atoms with Gasteiger partial charge in [-0.25, -0.2) is 4.79 Å². The van der Waals surface area contributed by atoms with Crippen LogP contribution in [0, 0.1) is 6.92 Å². The van der Waals surface area contributed by atoms with E-state index >= 15 is 0 Å². The minimum Gasteiger partial charge on any atom is -0.497 e. The van der Waals surface area contributed by atoms with Gasteiger partial charge in [0.25, 0.3) is 0 Å². The minimum absolute atomic E-state index is 0.214. The Morgan fingerprint density at radius 3 is 2.57 bits per heavy atom. The molecule has 0 aliphatic carbocycles. The molecule has 0 aliphatic rings. The maximum absolute atomic E-state index is 12.1. The first-order valence-electron chi connectivity index (χ1n) is 7.23. The summed E-state index contributed by atoms with van der Waals surface area (Å²) in [5.74, 6) is 0.248. The van der Waals surface area contributed by atoms with Crippen LogP contribution in [0.5, 0.6) is 5.75 Å². The van der Waals surface area contributed by atoms with Crippen LogP contribution in [0.3, 0.4) is 0 Å². The SMILES string of the molecule is CCOC(=O)c1nn(-c2ccc(OC)cc2)nccccc1C. The number of aryl methyl sites for hydroxylation is 1. The van der Waals surface area contributed by atoms with Crippen molar-refractivity contribution < 1.29 is 14.3 Å². The minimum atomic E-state index is -0.481. The van der Waals surface area contributed by atoms with Crippen LogP contribution in [0.25, 0.3) is 5.69 Å². The third-order valence-electron chi connectivity index (χ3n) is 3.06. The zero-order valence-corrected chi connectivity index (χ0v) is 13.4. The molecule has 0 fully saturated rings. The standard InChI is InChI=1S/C17H19N3O3/c1-4-23-17(21)16-13(2)7-5-6-12-18-20(19-16)14-8-10-15(22-3)11-9-14/h5-12H,4H2,1-3H3. The van der Waals surface area contributed by atoms with Gasteiger partial charge in [-0.1, -0.05) is 12.1 Å². The third kappa shape index (κ3) is 4.29. The fourth-order valence-electron chi connectivity index (χ4n) is 1.87. The van der Waals surface area contributed by atoms with Crippen LogP contribution in [-0.4, -0.2) is 34.7 Å². The number of hydrogen-bond acceptors (Lipinski definition) is 5. The molecule has 1 aromatic heterocycles. The highest BCUT2D eigenvalue weighted by Crippen LogP contribution is 2.13. The summed E-state index contributed by atoms with van der Waals surface area (Å²) in [7, 11) is 1.60. The Hall–Kier alpha value is -2.89. The molecule has 120 valence electrons. The second-order valence-corrected chi connectivity index (χ2v) is 4.66. The molecule has 6 nitrogen and oxygen atoms in total. The quantitative estimate of drug-likeness (QED) is 0.812. The molecule has 0 bridgehead atoms. The largest absolute Gasteiger partial charge is 0.497 e. The van der Waals surface area contributed by atoms with E-state index in [1.165, 1.54) is 4.80 Å². The molecule has 0 saturated heterocycles. The van der Waals surface area contributed by atoms with E-state index in [1.807, 2.05) is 12.1 Å². The highest BCUT2D eigenvalue weighted by Gasteiger charge is 2.11. The molecule has 2 rings (SSSR count). The first-order chi connectivity index (χ1) is 11.2. The van der Waals surface area contributed by atoms with E-state index in [1.54, 1.807) is 57.5 Å². The van der Waals surface area contributed by atoms with Gasteiger partial charge in [-0.15, -0.1) is 5.10 Å². The summed E-state index contributed by atoms with van der Waals surface area (Å²) >= 11 is 0. The molecule has 0 N–H and O–H groups in total. The van der Waals surface area contributed by atoms with Gasteiger partial charge in [0, 0.05) is 6.20 Å². The first-order valence-corrected chi connectivity index (χ1v) is 7.23. The fourth-order valence-corrected chi connectivity index (χ4v) is 1.87. The topological polar surface area (TPSA) is 66.2 Å². The maximum Gasteiger partial charge on any atom is 0.359 e. The van der Waals surface area contributed by atoms with E-state index in [9.17, 15) is 4.79 Å². The lowest BCUT2D eigenvalue weighted by atomic mass is 10.2. The third-order valence-corrected chi connectivity index (χ3v) is 3.06. The second-order valence-electron chi connectivity index (χ2n) is 4.66. The summed E-state index contributed by atoms with van der Waals surface area (Å²) in [5.41, 5.74) is 1.61. The van der Waals surface area contributed by atoms with Crippen LogP contribution < -0.4 is 4.74 Å². The highest BCUT2D eigenvalue weighted by atomic mass is 16.5. The fraction of sp³-hybridized carbons (Fsp3) is 0.235. The van der Waals surface area contributed by atoms with E-state index in [0.717, 1.165) is 5.75 Å². The van der Waals surface area contributed by atoms with Crippen molar-refractivity contribution >= 4 is 5.97 Å². The van der Waals surface area contributed by atoms with Crippen LogP contribution in [0.1, 0.15) is 23.0 Å². The number of carbonyl (C=O) groups is 1. The van der Waals surface area contributed by atoms with E-state index in [2.05, 4.69) is 10.2 Å². The van der Waals surface area contributed by atoms with E-state index in [0.29, 0.717) is 11.3 Å². The molecular weight excluding hydrogens is 294 g/mol. The highest BCUT2D eigenvalue weighted by molar-refractivity contribution is 5.88. The molecule has 0 amide bonds. The van der Waals surface area contributed by atoms with Crippen molar-refractivity contribution in [2.45, 2.75) is 13.8 Å². The van der Waals surface area contributed by atoms with Crippen molar-refractivity contribution in [1.29, 1.82) is 0 Å². The molecular formula is C17H19N3O3. The van der Waals surface area contributed by atoms with Gasteiger partial charge >= 0.3 is 5.97 Å². The summed E-state index contributed by atoms with van der Waals surface area (Å²) in [6.45, 7) is 3.84. The summed E-state index contributed by atoms with van der Waals surface area (Å²) < 4.78 is 10.2.